The fraction of sp³-hybridized carbons (Fsp3) is 0.929. The quantitative estimate of drug-likeness (QED) is 0.796. The lowest BCUT2D eigenvalue weighted by Gasteiger charge is -2.33. The smallest absolute Gasteiger partial charge is 0.216 e. The average Bonchev–Trinajstić information content (AvgIpc) is 2.45. The van der Waals surface area contributed by atoms with Gasteiger partial charge in [0.2, 0.25) is 5.91 Å². The van der Waals surface area contributed by atoms with Crippen LogP contribution in [0.15, 0.2) is 0 Å². The normalized spacial score (nSPS) is 26.3. The van der Waals surface area contributed by atoms with Crippen molar-refractivity contribution in [2.45, 2.75) is 32.3 Å². The molecule has 2 fully saturated rings. The first-order valence-electron chi connectivity index (χ1n) is 7.40. The topological polar surface area (TPSA) is 50.8 Å². The Bertz CT molecular complexity index is 272. The Morgan fingerprint density at radius 2 is 2.11 bits per heavy atom. The Balaban J connectivity index is 1.56. The first-order valence-corrected chi connectivity index (χ1v) is 7.40. The van der Waals surface area contributed by atoms with Crippen LogP contribution in [0.25, 0.3) is 0 Å². The number of ether oxygens (including phenoxy) is 2. The van der Waals surface area contributed by atoms with Crippen LogP contribution in [0, 0.1) is 5.92 Å². The number of likely N-dealkylation sites (tertiary alicyclic amines) is 1. The van der Waals surface area contributed by atoms with E-state index >= 15 is 0 Å². The van der Waals surface area contributed by atoms with E-state index in [9.17, 15) is 4.79 Å². The van der Waals surface area contributed by atoms with Gasteiger partial charge in [-0.25, -0.2) is 0 Å². The molecule has 0 radical (unpaired) electrons. The molecule has 19 heavy (non-hydrogen) atoms. The number of hydrogen-bond donors (Lipinski definition) is 1. The zero-order valence-corrected chi connectivity index (χ0v) is 11.9. The van der Waals surface area contributed by atoms with Crippen molar-refractivity contribution in [3.8, 4) is 0 Å². The lowest BCUT2D eigenvalue weighted by molar-refractivity contribution is -0.119. The lowest BCUT2D eigenvalue weighted by atomic mass is 9.96. The fourth-order valence-corrected chi connectivity index (χ4v) is 2.73. The number of piperidine rings is 1. The summed E-state index contributed by atoms with van der Waals surface area (Å²) in [4.78, 5) is 13.4. The summed E-state index contributed by atoms with van der Waals surface area (Å²) in [5.41, 5.74) is 0. The molecule has 5 heteroatoms. The third-order valence-corrected chi connectivity index (χ3v) is 4.00. The predicted octanol–water partition coefficient (Wildman–Crippen LogP) is 0.640. The highest BCUT2D eigenvalue weighted by atomic mass is 16.6. The Kier molecular flexibility index (Phi) is 6.07. The molecule has 0 saturated carbocycles. The summed E-state index contributed by atoms with van der Waals surface area (Å²) in [5.74, 6) is 0.728. The van der Waals surface area contributed by atoms with E-state index in [1.54, 1.807) is 6.92 Å². The number of nitrogens with zero attached hydrogens (tertiary/aromatic N) is 1. The molecule has 1 atom stereocenters. The highest BCUT2D eigenvalue weighted by molar-refractivity contribution is 5.72. The Hall–Kier alpha value is -0.650. The van der Waals surface area contributed by atoms with E-state index in [1.807, 2.05) is 0 Å². The monoisotopic (exact) mass is 270 g/mol. The molecule has 0 aromatic heterocycles. The van der Waals surface area contributed by atoms with Gasteiger partial charge in [-0.3, -0.25) is 4.79 Å². The van der Waals surface area contributed by atoms with E-state index in [4.69, 9.17) is 9.47 Å². The highest BCUT2D eigenvalue weighted by Gasteiger charge is 2.21. The molecule has 5 nitrogen and oxygen atoms in total. The van der Waals surface area contributed by atoms with Crippen LogP contribution in [0.5, 0.6) is 0 Å². The minimum Gasteiger partial charge on any atom is -0.376 e. The summed E-state index contributed by atoms with van der Waals surface area (Å²) in [6.45, 7) is 8.02. The van der Waals surface area contributed by atoms with E-state index in [-0.39, 0.29) is 12.0 Å². The summed E-state index contributed by atoms with van der Waals surface area (Å²) in [6.07, 6.45) is 3.71. The molecule has 0 bridgehead atoms. The summed E-state index contributed by atoms with van der Waals surface area (Å²) < 4.78 is 11.1. The van der Waals surface area contributed by atoms with Gasteiger partial charge < -0.3 is 19.7 Å². The molecule has 1 N–H and O–H groups in total. The van der Waals surface area contributed by atoms with Crippen molar-refractivity contribution >= 4 is 5.91 Å². The number of hydrogen-bond acceptors (Lipinski definition) is 4. The molecule has 0 spiro atoms. The zero-order chi connectivity index (χ0) is 13.5. The molecule has 110 valence electrons. The van der Waals surface area contributed by atoms with Gasteiger partial charge in [-0.2, -0.15) is 0 Å². The Labute approximate surface area is 115 Å². The van der Waals surface area contributed by atoms with Crippen molar-refractivity contribution in [3.05, 3.63) is 0 Å². The molecule has 0 aliphatic carbocycles. The number of amides is 1. The maximum atomic E-state index is 10.9. The van der Waals surface area contributed by atoms with Crippen LogP contribution in [0.3, 0.4) is 0 Å². The third kappa shape index (κ3) is 5.47. The van der Waals surface area contributed by atoms with Gasteiger partial charge in [0.25, 0.3) is 0 Å². The Morgan fingerprint density at radius 1 is 1.32 bits per heavy atom. The molecule has 2 rings (SSSR count). The van der Waals surface area contributed by atoms with Crippen molar-refractivity contribution in [2.24, 2.45) is 5.92 Å². The number of carbonyl (C=O) groups is 1. The molecule has 2 heterocycles. The maximum absolute atomic E-state index is 10.9. The maximum Gasteiger partial charge on any atom is 0.216 e. The minimum absolute atomic E-state index is 0.0804. The van der Waals surface area contributed by atoms with Crippen molar-refractivity contribution in [3.63, 3.8) is 0 Å². The van der Waals surface area contributed by atoms with E-state index in [0.29, 0.717) is 5.92 Å². The molecule has 1 unspecified atom stereocenters. The standard InChI is InChI=1S/C14H26N2O3/c1-12(17)15-10-13-2-5-16(6-3-13)7-4-14-11-18-8-9-19-14/h13-14H,2-11H2,1H3,(H,15,17). The van der Waals surface area contributed by atoms with Crippen LogP contribution in [-0.2, 0) is 14.3 Å². The zero-order valence-electron chi connectivity index (χ0n) is 11.9. The number of nitrogens with one attached hydrogen (secondary N) is 1. The van der Waals surface area contributed by atoms with Gasteiger partial charge in [-0.15, -0.1) is 0 Å². The second-order valence-corrected chi connectivity index (χ2v) is 5.58. The van der Waals surface area contributed by atoms with Crippen LogP contribution >= 0.6 is 0 Å². The van der Waals surface area contributed by atoms with Gasteiger partial charge in [0.15, 0.2) is 0 Å². The molecule has 2 aliphatic rings. The van der Waals surface area contributed by atoms with E-state index in [0.717, 1.165) is 52.4 Å². The first-order chi connectivity index (χ1) is 9.24. The second-order valence-electron chi connectivity index (χ2n) is 5.58. The van der Waals surface area contributed by atoms with Gasteiger partial charge in [0.05, 0.1) is 25.9 Å². The second kappa shape index (κ2) is 7.82. The summed E-state index contributed by atoms with van der Waals surface area (Å²) in [7, 11) is 0. The summed E-state index contributed by atoms with van der Waals surface area (Å²) in [5, 5.41) is 2.92. The van der Waals surface area contributed by atoms with Gasteiger partial charge in [0.1, 0.15) is 0 Å². The first kappa shape index (κ1) is 14.8. The van der Waals surface area contributed by atoms with Crippen LogP contribution in [-0.4, -0.2) is 62.9 Å². The molecular weight excluding hydrogens is 244 g/mol. The third-order valence-electron chi connectivity index (χ3n) is 4.00. The summed E-state index contributed by atoms with van der Waals surface area (Å²) >= 11 is 0. The van der Waals surface area contributed by atoms with E-state index < -0.39 is 0 Å². The van der Waals surface area contributed by atoms with Crippen LogP contribution in [0.1, 0.15) is 26.2 Å². The van der Waals surface area contributed by atoms with Crippen LogP contribution < -0.4 is 5.32 Å². The average molecular weight is 270 g/mol. The number of carbonyl (C=O) groups excluding carboxylic acids is 1. The van der Waals surface area contributed by atoms with Gasteiger partial charge >= 0.3 is 0 Å². The van der Waals surface area contributed by atoms with Crippen molar-refractivity contribution in [2.75, 3.05) is 46.0 Å². The molecule has 1 amide bonds. The largest absolute Gasteiger partial charge is 0.376 e. The molecule has 2 saturated heterocycles. The van der Waals surface area contributed by atoms with Crippen LogP contribution in [0.4, 0.5) is 0 Å². The van der Waals surface area contributed by atoms with Crippen molar-refractivity contribution < 1.29 is 14.3 Å². The highest BCUT2D eigenvalue weighted by Crippen LogP contribution is 2.17. The fourth-order valence-electron chi connectivity index (χ4n) is 2.73. The van der Waals surface area contributed by atoms with Crippen LogP contribution in [0.2, 0.25) is 0 Å². The van der Waals surface area contributed by atoms with E-state index in [1.165, 1.54) is 12.8 Å². The van der Waals surface area contributed by atoms with Gasteiger partial charge in [-0.1, -0.05) is 0 Å². The Morgan fingerprint density at radius 3 is 2.74 bits per heavy atom. The number of rotatable bonds is 5. The van der Waals surface area contributed by atoms with E-state index in [2.05, 4.69) is 10.2 Å². The predicted molar refractivity (Wildman–Crippen MR) is 73.0 cm³/mol. The lowest BCUT2D eigenvalue weighted by Crippen LogP contribution is -2.40. The van der Waals surface area contributed by atoms with Crippen molar-refractivity contribution in [1.29, 1.82) is 0 Å². The molecule has 0 aromatic carbocycles. The minimum atomic E-state index is 0.0804. The van der Waals surface area contributed by atoms with Gasteiger partial charge in [0, 0.05) is 20.0 Å². The molecular formula is C14H26N2O3. The molecule has 2 aliphatic heterocycles. The SMILES string of the molecule is CC(=O)NCC1CCN(CCC2COCCO2)CC1. The van der Waals surface area contributed by atoms with Gasteiger partial charge in [-0.05, 0) is 38.3 Å². The van der Waals surface area contributed by atoms with Crippen molar-refractivity contribution in [1.82, 2.24) is 10.2 Å². The summed E-state index contributed by atoms with van der Waals surface area (Å²) in [6, 6.07) is 0. The molecule has 0 aromatic rings.